The van der Waals surface area contributed by atoms with Crippen LogP contribution in [0.4, 0.5) is 16.3 Å². The lowest BCUT2D eigenvalue weighted by atomic mass is 9.90. The molecule has 0 aliphatic carbocycles. The quantitative estimate of drug-likeness (QED) is 0.185. The van der Waals surface area contributed by atoms with Crippen molar-refractivity contribution in [2.24, 2.45) is 5.92 Å². The SMILES string of the molecule is Cc1ccc(-n2nc(C(C)(C)C)cc2NC(=O)Nc2ccccc2CC2CCN(S(=O)(=O)c3ccc4oc(=O)ccc4c3)CC2)cc1. The van der Waals surface area contributed by atoms with Gasteiger partial charge in [-0.1, -0.05) is 56.7 Å². The van der Waals surface area contributed by atoms with E-state index in [2.05, 4.69) is 31.4 Å². The third-order valence-corrected chi connectivity index (χ3v) is 10.5. The predicted molar refractivity (Wildman–Crippen MR) is 184 cm³/mol. The van der Waals surface area contributed by atoms with Crippen molar-refractivity contribution in [3.05, 3.63) is 112 Å². The molecule has 1 fully saturated rings. The summed E-state index contributed by atoms with van der Waals surface area (Å²) in [5.41, 5.74) is 4.20. The van der Waals surface area contributed by atoms with Crippen LogP contribution in [0.15, 0.2) is 99.0 Å². The number of hydrogen-bond donors (Lipinski definition) is 2. The summed E-state index contributed by atoms with van der Waals surface area (Å²) < 4.78 is 35.3. The van der Waals surface area contributed by atoms with Crippen LogP contribution in [0, 0.1) is 12.8 Å². The highest BCUT2D eigenvalue weighted by molar-refractivity contribution is 7.89. The number of hydrogen-bond acceptors (Lipinski definition) is 6. The van der Waals surface area contributed by atoms with E-state index in [0.29, 0.717) is 54.8 Å². The molecule has 0 spiro atoms. The molecule has 10 nitrogen and oxygen atoms in total. The summed E-state index contributed by atoms with van der Waals surface area (Å²) in [6.45, 7) is 9.06. The molecule has 3 aromatic carbocycles. The third kappa shape index (κ3) is 7.16. The number of carbonyl (C=O) groups is 1. The Hall–Kier alpha value is -4.74. The molecule has 0 unspecified atom stereocenters. The monoisotopic (exact) mass is 653 g/mol. The van der Waals surface area contributed by atoms with Crippen LogP contribution < -0.4 is 16.3 Å². The number of aromatic nitrogens is 2. The van der Waals surface area contributed by atoms with Crippen molar-refractivity contribution in [1.82, 2.24) is 14.1 Å². The van der Waals surface area contributed by atoms with Gasteiger partial charge in [-0.15, -0.1) is 0 Å². The van der Waals surface area contributed by atoms with Gasteiger partial charge in [0.05, 0.1) is 16.3 Å². The number of nitrogens with one attached hydrogen (secondary N) is 2. The number of sulfonamides is 1. The van der Waals surface area contributed by atoms with E-state index in [1.807, 2.05) is 61.5 Å². The Bertz CT molecular complexity index is 2090. The maximum atomic E-state index is 13.4. The van der Waals surface area contributed by atoms with Crippen LogP contribution in [0.1, 0.15) is 50.4 Å². The van der Waals surface area contributed by atoms with Gasteiger partial charge in [0.15, 0.2) is 0 Å². The van der Waals surface area contributed by atoms with E-state index >= 15 is 0 Å². The van der Waals surface area contributed by atoms with Gasteiger partial charge in [0.1, 0.15) is 11.4 Å². The van der Waals surface area contributed by atoms with Crippen LogP contribution in [-0.4, -0.2) is 41.6 Å². The van der Waals surface area contributed by atoms with E-state index in [4.69, 9.17) is 9.52 Å². The van der Waals surface area contributed by atoms with E-state index in [1.165, 1.54) is 22.5 Å². The standard InChI is InChI=1S/C36H39N5O5S/c1-24-9-12-28(13-10-24)41-33(23-32(39-41)36(2,3)4)38-35(43)37-30-8-6-5-7-26(30)21-25-17-19-40(20-18-25)47(44,45)29-14-15-31-27(22-29)11-16-34(42)46-31/h5-16,22-23,25H,17-21H2,1-4H3,(H2,37,38,43). The first-order valence-electron chi connectivity index (χ1n) is 15.7. The van der Waals surface area contributed by atoms with Crippen molar-refractivity contribution < 1.29 is 17.6 Å². The highest BCUT2D eigenvalue weighted by atomic mass is 32.2. The first kappa shape index (κ1) is 32.2. The number of fused-ring (bicyclic) bond motifs is 1. The fraction of sp³-hybridized carbons (Fsp3) is 0.306. The molecule has 47 heavy (non-hydrogen) atoms. The van der Waals surface area contributed by atoms with Gasteiger partial charge in [0, 0.05) is 41.7 Å². The molecule has 2 aromatic heterocycles. The molecular formula is C36H39N5O5S. The lowest BCUT2D eigenvalue weighted by molar-refractivity contribution is 0.261. The number of carbonyl (C=O) groups excluding carboxylic acids is 1. The molecule has 2 amide bonds. The number of benzene rings is 3. The molecule has 0 bridgehead atoms. The maximum Gasteiger partial charge on any atom is 0.336 e. The van der Waals surface area contributed by atoms with E-state index in [1.54, 1.807) is 16.8 Å². The van der Waals surface area contributed by atoms with E-state index in [0.717, 1.165) is 22.5 Å². The second-order valence-corrected chi connectivity index (χ2v) is 15.1. The zero-order chi connectivity index (χ0) is 33.3. The molecule has 1 aliphatic rings. The van der Waals surface area contributed by atoms with Crippen LogP contribution in [0.2, 0.25) is 0 Å². The van der Waals surface area contributed by atoms with E-state index in [9.17, 15) is 18.0 Å². The predicted octanol–water partition coefficient (Wildman–Crippen LogP) is 6.87. The van der Waals surface area contributed by atoms with Gasteiger partial charge >= 0.3 is 11.7 Å². The number of aryl methyl sites for hydroxylation is 1. The van der Waals surface area contributed by atoms with E-state index in [-0.39, 0.29) is 22.3 Å². The molecule has 1 aliphatic heterocycles. The van der Waals surface area contributed by atoms with Crippen LogP contribution in [0.5, 0.6) is 0 Å². The summed E-state index contributed by atoms with van der Waals surface area (Å²) in [5, 5.41) is 11.4. The van der Waals surface area contributed by atoms with Gasteiger partial charge in [-0.25, -0.2) is 22.7 Å². The van der Waals surface area contributed by atoms with Gasteiger partial charge in [-0.05, 0) is 80.1 Å². The normalized spacial score (nSPS) is 14.7. The minimum Gasteiger partial charge on any atom is -0.423 e. The Balaban J connectivity index is 1.12. The molecule has 0 atom stereocenters. The van der Waals surface area contributed by atoms with Crippen molar-refractivity contribution in [3.8, 4) is 5.69 Å². The molecule has 0 saturated carbocycles. The van der Waals surface area contributed by atoms with Gasteiger partial charge in [-0.2, -0.15) is 9.40 Å². The van der Waals surface area contributed by atoms with E-state index < -0.39 is 15.6 Å². The summed E-state index contributed by atoms with van der Waals surface area (Å²) in [5.74, 6) is 0.814. The number of para-hydroxylation sites is 1. The Morgan fingerprint density at radius 1 is 0.936 bits per heavy atom. The molecule has 11 heteroatoms. The summed E-state index contributed by atoms with van der Waals surface area (Å²) in [7, 11) is -3.71. The number of amides is 2. The van der Waals surface area contributed by atoms with Crippen molar-refractivity contribution in [2.45, 2.75) is 57.3 Å². The average Bonchev–Trinajstić information content (AvgIpc) is 3.46. The molecule has 244 valence electrons. The molecule has 3 heterocycles. The van der Waals surface area contributed by atoms with Gasteiger partial charge < -0.3 is 9.73 Å². The van der Waals surface area contributed by atoms with Crippen molar-refractivity contribution in [3.63, 3.8) is 0 Å². The maximum absolute atomic E-state index is 13.4. The van der Waals surface area contributed by atoms with Crippen LogP contribution in [-0.2, 0) is 21.9 Å². The number of nitrogens with zero attached hydrogens (tertiary/aromatic N) is 3. The minimum atomic E-state index is -3.71. The van der Waals surface area contributed by atoms with Gasteiger partial charge in [-0.3, -0.25) is 5.32 Å². The first-order valence-corrected chi connectivity index (χ1v) is 17.2. The zero-order valence-corrected chi connectivity index (χ0v) is 27.8. The Morgan fingerprint density at radius 2 is 1.66 bits per heavy atom. The smallest absolute Gasteiger partial charge is 0.336 e. The lowest BCUT2D eigenvalue weighted by Crippen LogP contribution is -2.38. The largest absolute Gasteiger partial charge is 0.423 e. The molecule has 1 saturated heterocycles. The van der Waals surface area contributed by atoms with Crippen LogP contribution in [0.3, 0.4) is 0 Å². The highest BCUT2D eigenvalue weighted by Crippen LogP contribution is 2.30. The molecule has 0 radical (unpaired) electrons. The Morgan fingerprint density at radius 3 is 2.38 bits per heavy atom. The molecule has 5 aromatic rings. The third-order valence-electron chi connectivity index (χ3n) is 8.57. The fourth-order valence-corrected chi connectivity index (χ4v) is 7.34. The first-order chi connectivity index (χ1) is 22.4. The van der Waals surface area contributed by atoms with Crippen LogP contribution >= 0.6 is 0 Å². The highest BCUT2D eigenvalue weighted by Gasteiger charge is 2.30. The number of rotatable bonds is 7. The van der Waals surface area contributed by atoms with Crippen molar-refractivity contribution in [2.75, 3.05) is 23.7 Å². The summed E-state index contributed by atoms with van der Waals surface area (Å²) >= 11 is 0. The molecular weight excluding hydrogens is 614 g/mol. The minimum absolute atomic E-state index is 0.177. The zero-order valence-electron chi connectivity index (χ0n) is 27.0. The Kier molecular flexibility index (Phi) is 8.78. The lowest BCUT2D eigenvalue weighted by Gasteiger charge is -2.31. The van der Waals surface area contributed by atoms with Crippen LogP contribution in [0.25, 0.3) is 16.7 Å². The second kappa shape index (κ2) is 12.8. The topological polar surface area (TPSA) is 127 Å². The number of urea groups is 1. The second-order valence-electron chi connectivity index (χ2n) is 13.2. The Labute approximate surface area is 274 Å². The van der Waals surface area contributed by atoms with Gasteiger partial charge in [0.25, 0.3) is 0 Å². The number of piperidine rings is 1. The molecule has 6 rings (SSSR count). The summed E-state index contributed by atoms with van der Waals surface area (Å²) in [6, 6.07) is 24.6. The van der Waals surface area contributed by atoms with Gasteiger partial charge in [0.2, 0.25) is 10.0 Å². The van der Waals surface area contributed by atoms with Crippen molar-refractivity contribution in [1.29, 1.82) is 0 Å². The fourth-order valence-electron chi connectivity index (χ4n) is 5.83. The average molecular weight is 654 g/mol. The van der Waals surface area contributed by atoms with Crippen molar-refractivity contribution >= 4 is 38.5 Å². The summed E-state index contributed by atoms with van der Waals surface area (Å²) in [6.07, 6.45) is 2.08. The number of anilines is 2. The molecule has 2 N–H and O–H groups in total. The summed E-state index contributed by atoms with van der Waals surface area (Å²) in [4.78, 5) is 25.0.